The molecule has 8 atom stereocenters. The zero-order valence-corrected chi connectivity index (χ0v) is 39.0. The number of esters is 1. The SMILES string of the molecule is CCCCCCCCCC[C@@H]1O[C@H]([C@@H]2CC[C@H]([C@H]3C/C=C/CCCCCCC[C@@H](O[Si](C)(C)C(C)(C)C)CC(Sc4ccccc4)C(=O)O3)O2)CC[C@H]1OCOC. The van der Waals surface area contributed by atoms with Gasteiger partial charge in [0.15, 0.2) is 8.32 Å². The normalized spacial score (nSPS) is 29.6. The number of hydrogen-bond acceptors (Lipinski definition) is 8. The van der Waals surface area contributed by atoms with Crippen LogP contribution in [0.2, 0.25) is 18.1 Å². The summed E-state index contributed by atoms with van der Waals surface area (Å²) in [5.74, 6) is -0.150. The highest BCUT2D eigenvalue weighted by Crippen LogP contribution is 2.40. The Kier molecular flexibility index (Phi) is 22.3. The third kappa shape index (κ3) is 17.4. The van der Waals surface area contributed by atoms with Crippen LogP contribution in [0.3, 0.4) is 0 Å². The van der Waals surface area contributed by atoms with Crippen molar-refractivity contribution in [2.75, 3.05) is 13.9 Å². The largest absolute Gasteiger partial charge is 0.458 e. The van der Waals surface area contributed by atoms with Crippen molar-refractivity contribution < 1.29 is 32.9 Å². The van der Waals surface area contributed by atoms with Crippen molar-refractivity contribution in [3.8, 4) is 0 Å². The van der Waals surface area contributed by atoms with Crippen LogP contribution < -0.4 is 0 Å². The molecule has 0 saturated carbocycles. The number of methoxy groups -OCH3 is 1. The van der Waals surface area contributed by atoms with Gasteiger partial charge in [0.1, 0.15) is 18.1 Å². The first-order valence-corrected chi connectivity index (χ1v) is 27.0. The lowest BCUT2D eigenvalue weighted by atomic mass is 9.93. The van der Waals surface area contributed by atoms with E-state index in [0.29, 0.717) is 19.6 Å². The highest BCUT2D eigenvalue weighted by Gasteiger charge is 2.43. The molecule has 0 radical (unpaired) electrons. The Morgan fingerprint density at radius 2 is 1.42 bits per heavy atom. The minimum absolute atomic E-state index is 0.0110. The molecule has 4 rings (SSSR count). The first-order chi connectivity index (χ1) is 27.5. The first-order valence-electron chi connectivity index (χ1n) is 23.2. The number of carbonyl (C=O) groups is 1. The topological polar surface area (TPSA) is 72.5 Å². The molecule has 1 aromatic rings. The summed E-state index contributed by atoms with van der Waals surface area (Å²) in [5, 5.41) is -0.284. The van der Waals surface area contributed by atoms with Gasteiger partial charge in [-0.2, -0.15) is 0 Å². The van der Waals surface area contributed by atoms with Crippen molar-refractivity contribution >= 4 is 26.0 Å². The van der Waals surface area contributed by atoms with Crippen molar-refractivity contribution in [3.63, 3.8) is 0 Å². The fourth-order valence-corrected chi connectivity index (χ4v) is 10.9. The maximum atomic E-state index is 14.5. The maximum absolute atomic E-state index is 14.5. The highest BCUT2D eigenvalue weighted by molar-refractivity contribution is 8.00. The number of allylic oxidation sites excluding steroid dienone is 1. The van der Waals surface area contributed by atoms with Gasteiger partial charge in [-0.15, -0.1) is 11.8 Å². The van der Waals surface area contributed by atoms with E-state index in [1.165, 1.54) is 70.6 Å². The quantitative estimate of drug-likeness (QED) is 0.0476. The van der Waals surface area contributed by atoms with Crippen LogP contribution in [0.5, 0.6) is 0 Å². The molecule has 7 nitrogen and oxygen atoms in total. The van der Waals surface area contributed by atoms with Crippen molar-refractivity contribution in [2.45, 2.75) is 240 Å². The molecule has 2 saturated heterocycles. The Balaban J connectivity index is 1.46. The van der Waals surface area contributed by atoms with E-state index in [9.17, 15) is 4.79 Å². The standard InChI is InChI=1S/C48H82O7SSi/c1-8-9-10-11-12-16-19-25-30-41-40(51-37-50-5)32-33-44(52-41)45-35-34-43(53-45)42-31-26-20-17-14-13-15-18-22-27-38(55-57(6,7)48(2,3)4)36-46(47(49)54-42)56-39-28-23-21-24-29-39/h20-21,23-24,26,28-29,38,40-46H,8-19,22,25,27,30-37H2,1-7H3/b26-20+/t38-,40-,41+,42-,43-,44+,45+,46?/m1/s1. The third-order valence-electron chi connectivity index (χ3n) is 12.9. The van der Waals surface area contributed by atoms with E-state index < -0.39 is 8.32 Å². The predicted octanol–water partition coefficient (Wildman–Crippen LogP) is 13.1. The molecule has 0 amide bonds. The van der Waals surface area contributed by atoms with Gasteiger partial charge in [0, 0.05) is 24.5 Å². The van der Waals surface area contributed by atoms with Crippen molar-refractivity contribution in [1.29, 1.82) is 0 Å². The predicted molar refractivity (Wildman–Crippen MR) is 238 cm³/mol. The second kappa shape index (κ2) is 26.2. The lowest BCUT2D eigenvalue weighted by Gasteiger charge is -2.40. The Bertz CT molecular complexity index is 1250. The second-order valence-corrected chi connectivity index (χ2v) is 24.7. The van der Waals surface area contributed by atoms with Gasteiger partial charge in [-0.25, -0.2) is 0 Å². The second-order valence-electron chi connectivity index (χ2n) is 18.6. The Morgan fingerprint density at radius 1 is 0.772 bits per heavy atom. The Morgan fingerprint density at radius 3 is 2.14 bits per heavy atom. The molecule has 3 aliphatic rings. The third-order valence-corrected chi connectivity index (χ3v) is 18.6. The molecule has 2 fully saturated rings. The molecule has 0 bridgehead atoms. The molecule has 9 heteroatoms. The van der Waals surface area contributed by atoms with Crippen LogP contribution in [0, 0.1) is 0 Å². The van der Waals surface area contributed by atoms with Gasteiger partial charge in [0.05, 0.1) is 30.5 Å². The minimum atomic E-state index is -2.07. The van der Waals surface area contributed by atoms with Crippen LogP contribution >= 0.6 is 11.8 Å². The molecule has 1 aromatic carbocycles. The molecule has 57 heavy (non-hydrogen) atoms. The monoisotopic (exact) mass is 831 g/mol. The minimum Gasteiger partial charge on any atom is -0.458 e. The van der Waals surface area contributed by atoms with Gasteiger partial charge in [-0.3, -0.25) is 4.79 Å². The molecule has 0 spiro atoms. The number of cyclic esters (lactones) is 1. The summed E-state index contributed by atoms with van der Waals surface area (Å²) in [7, 11) is -0.381. The van der Waals surface area contributed by atoms with E-state index in [2.05, 4.69) is 65.1 Å². The fourth-order valence-electron chi connectivity index (χ4n) is 8.41. The summed E-state index contributed by atoms with van der Waals surface area (Å²) in [6.45, 7) is 14.1. The van der Waals surface area contributed by atoms with E-state index in [4.69, 9.17) is 28.1 Å². The number of benzene rings is 1. The van der Waals surface area contributed by atoms with E-state index in [-0.39, 0.29) is 59.0 Å². The van der Waals surface area contributed by atoms with Crippen LogP contribution in [-0.2, 0) is 32.9 Å². The number of thioether (sulfide) groups is 1. The summed E-state index contributed by atoms with van der Waals surface area (Å²) in [5.41, 5.74) is 0. The molecule has 0 aromatic heterocycles. The van der Waals surface area contributed by atoms with Gasteiger partial charge in [0.2, 0.25) is 0 Å². The van der Waals surface area contributed by atoms with E-state index in [1.54, 1.807) is 18.9 Å². The Labute approximate surface area is 354 Å². The van der Waals surface area contributed by atoms with E-state index in [1.807, 2.05) is 18.2 Å². The number of hydrogen-bond donors (Lipinski definition) is 0. The van der Waals surface area contributed by atoms with Gasteiger partial charge < -0.3 is 28.1 Å². The lowest BCUT2D eigenvalue weighted by molar-refractivity contribution is -0.200. The zero-order valence-electron chi connectivity index (χ0n) is 37.2. The van der Waals surface area contributed by atoms with E-state index >= 15 is 0 Å². The molecular weight excluding hydrogens is 749 g/mol. The van der Waals surface area contributed by atoms with Crippen LogP contribution in [0.25, 0.3) is 0 Å². The van der Waals surface area contributed by atoms with Gasteiger partial charge in [-0.05, 0) is 88.1 Å². The fraction of sp³-hybridized carbons (Fsp3) is 0.812. The summed E-state index contributed by atoms with van der Waals surface area (Å²) in [4.78, 5) is 15.6. The van der Waals surface area contributed by atoms with Crippen LogP contribution in [-0.4, -0.2) is 76.2 Å². The number of unbranched alkanes of at least 4 members (excludes halogenated alkanes) is 7. The summed E-state index contributed by atoms with van der Waals surface area (Å²) in [6, 6.07) is 10.3. The highest BCUT2D eigenvalue weighted by atomic mass is 32.2. The van der Waals surface area contributed by atoms with Gasteiger partial charge in [-0.1, -0.05) is 135 Å². The molecule has 0 N–H and O–H groups in total. The zero-order chi connectivity index (χ0) is 40.9. The van der Waals surface area contributed by atoms with Crippen molar-refractivity contribution in [2.24, 2.45) is 0 Å². The molecule has 3 aliphatic heterocycles. The number of ether oxygens (including phenoxy) is 5. The molecule has 3 heterocycles. The molecule has 326 valence electrons. The first kappa shape index (κ1) is 48.5. The Hall–Kier alpha value is -1.20. The summed E-state index contributed by atoms with van der Waals surface area (Å²) in [6.07, 6.45) is 28.4. The van der Waals surface area contributed by atoms with Crippen LogP contribution in [0.15, 0.2) is 47.4 Å². The number of carbonyl (C=O) groups excluding carboxylic acids is 1. The summed E-state index contributed by atoms with van der Waals surface area (Å²) < 4.78 is 39.0. The maximum Gasteiger partial charge on any atom is 0.319 e. The molecule has 0 aliphatic carbocycles. The molecular formula is C48H82O7SSi. The van der Waals surface area contributed by atoms with Gasteiger partial charge >= 0.3 is 5.97 Å². The van der Waals surface area contributed by atoms with E-state index in [0.717, 1.165) is 62.7 Å². The van der Waals surface area contributed by atoms with Crippen LogP contribution in [0.1, 0.15) is 169 Å². The van der Waals surface area contributed by atoms with Gasteiger partial charge in [0.25, 0.3) is 0 Å². The lowest BCUT2D eigenvalue weighted by Crippen LogP contribution is -2.46. The van der Waals surface area contributed by atoms with Crippen molar-refractivity contribution in [1.82, 2.24) is 0 Å². The van der Waals surface area contributed by atoms with Crippen molar-refractivity contribution in [3.05, 3.63) is 42.5 Å². The van der Waals surface area contributed by atoms with Crippen LogP contribution in [0.4, 0.5) is 0 Å². The number of rotatable bonds is 18. The summed E-state index contributed by atoms with van der Waals surface area (Å²) >= 11 is 1.63. The average Bonchev–Trinajstić information content (AvgIpc) is 3.68. The smallest absolute Gasteiger partial charge is 0.319 e. The molecule has 1 unspecified atom stereocenters. The average molecular weight is 831 g/mol.